The summed E-state index contributed by atoms with van der Waals surface area (Å²) < 4.78 is 88.3. The fraction of sp³-hybridized carbons (Fsp3) is 0.833. The smallest absolute Gasteiger partial charge is 0.283 e. The Kier molecular flexibility index (Phi) is 5.30. The molecular weight excluding hydrogens is 312 g/mol. The molecule has 0 heterocycles. The third-order valence-electron chi connectivity index (χ3n) is 2.16. The Hall–Kier alpha value is -0.270. The maximum Gasteiger partial charge on any atom is 0.345 e. The van der Waals surface area contributed by atoms with Crippen LogP contribution < -0.4 is 0 Å². The molecule has 0 aromatic rings. The first-order valence-electron chi connectivity index (χ1n) is 4.51. The lowest BCUT2D eigenvalue weighted by atomic mass is 10.2. The summed E-state index contributed by atoms with van der Waals surface area (Å²) in [5.74, 6) is 0. The SMILES string of the molecule is [CH2]CCCCC(S(=O)(=O)O)(S(=O)(=O)O)S(=O)(=O)O. The van der Waals surface area contributed by atoms with Crippen LogP contribution in [0.5, 0.6) is 0 Å². The molecule has 1 radical (unpaired) electrons. The van der Waals surface area contributed by atoms with Crippen molar-refractivity contribution >= 4 is 30.4 Å². The normalized spacial score (nSPS) is 14.7. The van der Waals surface area contributed by atoms with E-state index in [1.807, 2.05) is 0 Å². The fourth-order valence-electron chi connectivity index (χ4n) is 1.30. The molecule has 0 aromatic heterocycles. The van der Waals surface area contributed by atoms with E-state index in [1.54, 1.807) is 0 Å². The Labute approximate surface area is 105 Å². The largest absolute Gasteiger partial charge is 0.345 e. The summed E-state index contributed by atoms with van der Waals surface area (Å²) >= 11 is 0. The van der Waals surface area contributed by atoms with Gasteiger partial charge in [0.15, 0.2) is 0 Å². The van der Waals surface area contributed by atoms with E-state index in [0.717, 1.165) is 0 Å². The zero-order valence-corrected chi connectivity index (χ0v) is 11.5. The van der Waals surface area contributed by atoms with E-state index in [4.69, 9.17) is 13.7 Å². The van der Waals surface area contributed by atoms with Crippen LogP contribution in [-0.4, -0.2) is 42.3 Å². The first kappa shape index (κ1) is 17.7. The molecule has 0 amide bonds. The summed E-state index contributed by atoms with van der Waals surface area (Å²) in [7, 11) is -17.5. The molecule has 0 bridgehead atoms. The molecule has 0 fully saturated rings. The fourth-order valence-corrected chi connectivity index (χ4v) is 5.71. The Morgan fingerprint density at radius 3 is 1.33 bits per heavy atom. The van der Waals surface area contributed by atoms with Crippen molar-refractivity contribution in [2.24, 2.45) is 0 Å². The zero-order valence-electron chi connectivity index (χ0n) is 9.05. The van der Waals surface area contributed by atoms with Crippen LogP contribution in [0.25, 0.3) is 0 Å². The van der Waals surface area contributed by atoms with Crippen molar-refractivity contribution in [3.8, 4) is 0 Å². The predicted octanol–water partition coefficient (Wildman–Crippen LogP) is -0.302. The molecule has 0 aliphatic heterocycles. The Morgan fingerprint density at radius 2 is 1.11 bits per heavy atom. The second kappa shape index (κ2) is 5.38. The van der Waals surface area contributed by atoms with Crippen LogP contribution in [0, 0.1) is 6.92 Å². The van der Waals surface area contributed by atoms with Gasteiger partial charge in [0.2, 0.25) is 0 Å². The Bertz CT molecular complexity index is 503. The van der Waals surface area contributed by atoms with Gasteiger partial charge in [-0.3, -0.25) is 13.7 Å². The average molecular weight is 325 g/mol. The standard InChI is InChI=1S/C6H13O9S3/c1-2-3-4-5-6(16(7,8)9,17(10,11)12)18(13,14)15/h1-5H2,(H,7,8,9)(H,10,11,12)(H,13,14,15). The van der Waals surface area contributed by atoms with E-state index < -0.39 is 40.2 Å². The van der Waals surface area contributed by atoms with Crippen LogP contribution in [0.15, 0.2) is 0 Å². The van der Waals surface area contributed by atoms with Gasteiger partial charge in [0, 0.05) is 6.42 Å². The molecule has 18 heavy (non-hydrogen) atoms. The van der Waals surface area contributed by atoms with E-state index in [2.05, 4.69) is 6.92 Å². The van der Waals surface area contributed by atoms with Gasteiger partial charge >= 0.3 is 33.8 Å². The number of unbranched alkanes of at least 4 members (excludes halogenated alkanes) is 2. The van der Waals surface area contributed by atoms with Crippen molar-refractivity contribution in [1.82, 2.24) is 0 Å². The van der Waals surface area contributed by atoms with Gasteiger partial charge in [-0.15, -0.1) is 0 Å². The van der Waals surface area contributed by atoms with Crippen molar-refractivity contribution in [3.63, 3.8) is 0 Å². The topological polar surface area (TPSA) is 163 Å². The van der Waals surface area contributed by atoms with Crippen LogP contribution in [-0.2, 0) is 30.4 Å². The molecule has 0 atom stereocenters. The Balaban J connectivity index is 6.12. The number of hydrogen-bond acceptors (Lipinski definition) is 6. The van der Waals surface area contributed by atoms with E-state index in [0.29, 0.717) is 0 Å². The lowest BCUT2D eigenvalue weighted by molar-refractivity contribution is 0.413. The van der Waals surface area contributed by atoms with Crippen molar-refractivity contribution < 1.29 is 38.9 Å². The highest BCUT2D eigenvalue weighted by atomic mass is 32.3. The molecule has 0 aromatic carbocycles. The molecule has 3 N–H and O–H groups in total. The number of rotatable bonds is 7. The summed E-state index contributed by atoms with van der Waals surface area (Å²) in [6.07, 6.45) is -1.16. The molecule has 9 nitrogen and oxygen atoms in total. The van der Waals surface area contributed by atoms with Crippen molar-refractivity contribution in [1.29, 1.82) is 0 Å². The average Bonchev–Trinajstić information content (AvgIpc) is 2.05. The molecule has 0 spiro atoms. The Morgan fingerprint density at radius 1 is 0.778 bits per heavy atom. The van der Waals surface area contributed by atoms with Gasteiger partial charge in [-0.1, -0.05) is 19.8 Å². The van der Waals surface area contributed by atoms with Gasteiger partial charge in [0.05, 0.1) is 0 Å². The lowest BCUT2D eigenvalue weighted by Crippen LogP contribution is -2.52. The summed E-state index contributed by atoms with van der Waals surface area (Å²) in [6.45, 7) is 3.36. The van der Waals surface area contributed by atoms with E-state index in [1.165, 1.54) is 0 Å². The van der Waals surface area contributed by atoms with Crippen LogP contribution in [0.2, 0.25) is 0 Å². The quantitative estimate of drug-likeness (QED) is 0.421. The van der Waals surface area contributed by atoms with Gasteiger partial charge in [0.1, 0.15) is 0 Å². The third kappa shape index (κ3) is 3.19. The van der Waals surface area contributed by atoms with Gasteiger partial charge in [-0.05, 0) is 6.42 Å². The van der Waals surface area contributed by atoms with Crippen LogP contribution in [0.1, 0.15) is 25.7 Å². The molecular formula is C6H13O9S3. The van der Waals surface area contributed by atoms with Gasteiger partial charge in [-0.25, -0.2) is 0 Å². The summed E-state index contributed by atoms with van der Waals surface area (Å²) in [4.78, 5) is 0. The third-order valence-corrected chi connectivity index (χ3v) is 8.92. The minimum Gasteiger partial charge on any atom is -0.283 e. The summed E-state index contributed by atoms with van der Waals surface area (Å²) in [5.41, 5.74) is 0. The lowest BCUT2D eigenvalue weighted by Gasteiger charge is -2.23. The van der Waals surface area contributed by atoms with Gasteiger partial charge < -0.3 is 0 Å². The van der Waals surface area contributed by atoms with Crippen molar-refractivity contribution in [2.45, 2.75) is 29.1 Å². The minimum absolute atomic E-state index is 0.127. The van der Waals surface area contributed by atoms with Crippen molar-refractivity contribution in [3.05, 3.63) is 6.92 Å². The molecule has 0 unspecified atom stereocenters. The highest BCUT2D eigenvalue weighted by Gasteiger charge is 2.64. The second-order valence-electron chi connectivity index (χ2n) is 3.42. The zero-order chi connectivity index (χ0) is 14.8. The van der Waals surface area contributed by atoms with Crippen molar-refractivity contribution in [2.75, 3.05) is 0 Å². The minimum atomic E-state index is -5.82. The summed E-state index contributed by atoms with van der Waals surface area (Å²) in [5, 5.41) is 0. The van der Waals surface area contributed by atoms with Crippen LogP contribution >= 0.6 is 0 Å². The summed E-state index contributed by atoms with van der Waals surface area (Å²) in [6, 6.07) is 0. The monoisotopic (exact) mass is 325 g/mol. The molecule has 0 rings (SSSR count). The van der Waals surface area contributed by atoms with Crippen LogP contribution in [0.4, 0.5) is 0 Å². The maximum absolute atomic E-state index is 11.0. The van der Waals surface area contributed by atoms with Gasteiger partial charge in [0.25, 0.3) is 0 Å². The molecule has 12 heteroatoms. The van der Waals surface area contributed by atoms with Crippen LogP contribution in [0.3, 0.4) is 0 Å². The first-order valence-corrected chi connectivity index (χ1v) is 8.83. The number of hydrogen-bond donors (Lipinski definition) is 3. The molecule has 109 valence electrons. The molecule has 0 saturated heterocycles. The highest BCUT2D eigenvalue weighted by molar-refractivity contribution is 8.21. The second-order valence-corrected chi connectivity index (χ2v) is 9.14. The first-order chi connectivity index (χ1) is 7.81. The van der Waals surface area contributed by atoms with E-state index in [9.17, 15) is 25.3 Å². The van der Waals surface area contributed by atoms with E-state index in [-0.39, 0.29) is 19.3 Å². The maximum atomic E-state index is 11.0. The molecule has 0 saturated carbocycles. The van der Waals surface area contributed by atoms with Gasteiger partial charge in [-0.2, -0.15) is 25.3 Å². The molecule has 0 aliphatic rings. The van der Waals surface area contributed by atoms with E-state index >= 15 is 0 Å². The predicted molar refractivity (Wildman–Crippen MR) is 61.2 cm³/mol. The highest BCUT2D eigenvalue weighted by Crippen LogP contribution is 2.34. The molecule has 0 aliphatic carbocycles.